The van der Waals surface area contributed by atoms with E-state index in [0.29, 0.717) is 33.3 Å². The second-order valence-electron chi connectivity index (χ2n) is 9.16. The number of rotatable bonds is 6. The summed E-state index contributed by atoms with van der Waals surface area (Å²) in [5.41, 5.74) is 2.71. The number of para-hydroxylation sites is 1. The number of carbonyl (C=O) groups is 3. The molecule has 3 amide bonds. The molecule has 40 heavy (non-hydrogen) atoms. The average molecular weight is 576 g/mol. The Morgan fingerprint density at radius 2 is 1.52 bits per heavy atom. The molecule has 0 bridgehead atoms. The third-order valence-corrected chi connectivity index (χ3v) is 7.23. The van der Waals surface area contributed by atoms with E-state index in [0.717, 1.165) is 4.90 Å². The lowest BCUT2D eigenvalue weighted by Gasteiger charge is -2.17. The molecular formula is C29H23Cl2N5O4. The number of nitrogens with one attached hydrogen (secondary N) is 2. The van der Waals surface area contributed by atoms with Gasteiger partial charge >= 0.3 is 0 Å². The van der Waals surface area contributed by atoms with Gasteiger partial charge in [-0.05, 0) is 67.9 Å². The van der Waals surface area contributed by atoms with Crippen LogP contribution >= 0.6 is 23.2 Å². The van der Waals surface area contributed by atoms with Crippen molar-refractivity contribution in [3.05, 3.63) is 116 Å². The molecule has 0 spiro atoms. The molecule has 9 nitrogen and oxygen atoms in total. The molecule has 0 unspecified atom stereocenters. The van der Waals surface area contributed by atoms with Crippen LogP contribution in [0.5, 0.6) is 0 Å². The van der Waals surface area contributed by atoms with Gasteiger partial charge in [-0.1, -0.05) is 47.5 Å². The Labute approximate surface area is 239 Å². The van der Waals surface area contributed by atoms with E-state index in [9.17, 15) is 19.2 Å². The molecule has 1 aliphatic rings. The maximum atomic E-state index is 13.1. The lowest BCUT2D eigenvalue weighted by Crippen LogP contribution is -2.32. The summed E-state index contributed by atoms with van der Waals surface area (Å²) in [6.45, 7) is 3.50. The van der Waals surface area contributed by atoms with Gasteiger partial charge in [0.1, 0.15) is 16.4 Å². The van der Waals surface area contributed by atoms with Crippen LogP contribution in [-0.4, -0.2) is 27.1 Å². The van der Waals surface area contributed by atoms with Crippen molar-refractivity contribution < 1.29 is 14.4 Å². The molecule has 1 aliphatic heterocycles. The van der Waals surface area contributed by atoms with Gasteiger partial charge in [0.2, 0.25) is 0 Å². The van der Waals surface area contributed by atoms with Crippen molar-refractivity contribution in [1.82, 2.24) is 9.36 Å². The standard InChI is InChI=1S/C29H23Cl2N5O4/c1-16-9-12-19(30)15-22(16)35-27(38)23(31)25(28(35)39)32-20-13-10-18(11-14-20)26(37)33-24-17(2)34(3)36(29(24)40)21-7-5-4-6-8-21/h4-15,32H,1-3H3,(H,33,37). The quantitative estimate of drug-likeness (QED) is 0.310. The predicted molar refractivity (Wildman–Crippen MR) is 155 cm³/mol. The summed E-state index contributed by atoms with van der Waals surface area (Å²) in [5.74, 6) is -1.78. The van der Waals surface area contributed by atoms with Crippen LogP contribution in [0.4, 0.5) is 17.1 Å². The molecule has 1 aromatic heterocycles. The summed E-state index contributed by atoms with van der Waals surface area (Å²) in [5, 5.41) is 5.70. The highest BCUT2D eigenvalue weighted by Crippen LogP contribution is 2.33. The number of nitrogens with zero attached hydrogens (tertiary/aromatic N) is 3. The summed E-state index contributed by atoms with van der Waals surface area (Å²) in [4.78, 5) is 53.0. The molecule has 0 saturated carbocycles. The number of hydrogen-bond donors (Lipinski definition) is 2. The summed E-state index contributed by atoms with van der Waals surface area (Å²) < 4.78 is 3.15. The monoisotopic (exact) mass is 575 g/mol. The number of benzene rings is 3. The number of aromatic nitrogens is 2. The lowest BCUT2D eigenvalue weighted by atomic mass is 10.1. The van der Waals surface area contributed by atoms with Crippen molar-refractivity contribution in [2.24, 2.45) is 7.05 Å². The Hall–Kier alpha value is -4.60. The summed E-state index contributed by atoms with van der Waals surface area (Å²) in [6.07, 6.45) is 0. The first-order valence-corrected chi connectivity index (χ1v) is 12.9. The van der Waals surface area contributed by atoms with Crippen LogP contribution in [0.15, 0.2) is 88.3 Å². The number of imide groups is 1. The zero-order valence-electron chi connectivity index (χ0n) is 21.7. The van der Waals surface area contributed by atoms with Crippen molar-refractivity contribution in [3.63, 3.8) is 0 Å². The minimum Gasteiger partial charge on any atom is -0.350 e. The second-order valence-corrected chi connectivity index (χ2v) is 9.97. The zero-order chi connectivity index (χ0) is 28.7. The Morgan fingerprint density at radius 3 is 2.20 bits per heavy atom. The van der Waals surface area contributed by atoms with Crippen LogP contribution in [0.2, 0.25) is 5.02 Å². The van der Waals surface area contributed by atoms with Gasteiger partial charge in [0.15, 0.2) is 0 Å². The molecule has 0 atom stereocenters. The fraction of sp³-hybridized carbons (Fsp3) is 0.103. The van der Waals surface area contributed by atoms with Gasteiger partial charge in [-0.2, -0.15) is 0 Å². The van der Waals surface area contributed by atoms with Crippen LogP contribution in [-0.2, 0) is 16.6 Å². The van der Waals surface area contributed by atoms with E-state index in [1.807, 2.05) is 18.2 Å². The molecule has 4 aromatic rings. The van der Waals surface area contributed by atoms with Gasteiger partial charge in [-0.25, -0.2) is 9.58 Å². The van der Waals surface area contributed by atoms with Crippen LogP contribution in [0, 0.1) is 13.8 Å². The summed E-state index contributed by atoms with van der Waals surface area (Å²) in [7, 11) is 1.74. The van der Waals surface area contributed by atoms with Gasteiger partial charge in [0, 0.05) is 23.3 Å². The second kappa shape index (κ2) is 10.5. The van der Waals surface area contributed by atoms with Gasteiger partial charge < -0.3 is 10.6 Å². The fourth-order valence-electron chi connectivity index (χ4n) is 4.40. The highest BCUT2D eigenvalue weighted by molar-refractivity contribution is 6.53. The molecule has 11 heteroatoms. The normalized spacial score (nSPS) is 13.3. The molecular weight excluding hydrogens is 553 g/mol. The average Bonchev–Trinajstić information content (AvgIpc) is 3.29. The molecule has 2 N–H and O–H groups in total. The van der Waals surface area contributed by atoms with Crippen molar-refractivity contribution in [1.29, 1.82) is 0 Å². The molecule has 0 saturated heterocycles. The smallest absolute Gasteiger partial charge is 0.295 e. The molecule has 0 radical (unpaired) electrons. The van der Waals surface area contributed by atoms with E-state index in [1.165, 1.54) is 22.9 Å². The van der Waals surface area contributed by atoms with Gasteiger partial charge in [-0.3, -0.25) is 23.9 Å². The first-order valence-electron chi connectivity index (χ1n) is 12.2. The maximum absolute atomic E-state index is 13.1. The van der Waals surface area contributed by atoms with Gasteiger partial charge in [0.05, 0.1) is 17.1 Å². The van der Waals surface area contributed by atoms with Crippen molar-refractivity contribution in [2.45, 2.75) is 13.8 Å². The first-order chi connectivity index (χ1) is 19.1. The highest BCUT2D eigenvalue weighted by Gasteiger charge is 2.39. The molecule has 0 aliphatic carbocycles. The van der Waals surface area contributed by atoms with E-state index in [-0.39, 0.29) is 27.5 Å². The molecule has 3 aromatic carbocycles. The fourth-order valence-corrected chi connectivity index (χ4v) is 4.78. The van der Waals surface area contributed by atoms with E-state index in [1.54, 1.807) is 62.0 Å². The van der Waals surface area contributed by atoms with Gasteiger partial charge in [0.25, 0.3) is 23.3 Å². The number of halogens is 2. The predicted octanol–water partition coefficient (Wildman–Crippen LogP) is 5.13. The lowest BCUT2D eigenvalue weighted by molar-refractivity contribution is -0.120. The Kier molecular flexibility index (Phi) is 7.10. The summed E-state index contributed by atoms with van der Waals surface area (Å²) >= 11 is 12.3. The SMILES string of the molecule is Cc1ccc(Cl)cc1N1C(=O)C(Cl)=C(Nc2ccc(C(=O)Nc3c(C)n(C)n(-c4ccccc4)c3=O)cc2)C1=O. The highest BCUT2D eigenvalue weighted by atomic mass is 35.5. The number of carbonyl (C=O) groups excluding carboxylic acids is 3. The Balaban J connectivity index is 1.34. The molecule has 202 valence electrons. The van der Waals surface area contributed by atoms with E-state index in [2.05, 4.69) is 10.6 Å². The third kappa shape index (κ3) is 4.70. The largest absolute Gasteiger partial charge is 0.350 e. The van der Waals surface area contributed by atoms with Crippen LogP contribution in [0.1, 0.15) is 21.6 Å². The van der Waals surface area contributed by atoms with Crippen molar-refractivity contribution >= 4 is 58.0 Å². The molecule has 0 fully saturated rings. The number of anilines is 3. The molecule has 2 heterocycles. The molecule has 5 rings (SSSR count). The minimum atomic E-state index is -0.671. The van der Waals surface area contributed by atoms with Gasteiger partial charge in [-0.15, -0.1) is 0 Å². The van der Waals surface area contributed by atoms with Crippen molar-refractivity contribution in [2.75, 3.05) is 15.5 Å². The first kappa shape index (κ1) is 27.0. The Morgan fingerprint density at radius 1 is 0.850 bits per heavy atom. The Bertz CT molecular complexity index is 1770. The van der Waals surface area contributed by atoms with E-state index >= 15 is 0 Å². The van der Waals surface area contributed by atoms with Crippen LogP contribution in [0.25, 0.3) is 5.69 Å². The van der Waals surface area contributed by atoms with Crippen LogP contribution in [0.3, 0.4) is 0 Å². The van der Waals surface area contributed by atoms with E-state index in [4.69, 9.17) is 23.2 Å². The summed E-state index contributed by atoms with van der Waals surface area (Å²) in [6, 6.07) is 20.2. The topological polar surface area (TPSA) is 105 Å². The third-order valence-electron chi connectivity index (χ3n) is 6.65. The minimum absolute atomic E-state index is 0.0929. The zero-order valence-corrected chi connectivity index (χ0v) is 23.2. The number of hydrogen-bond acceptors (Lipinski definition) is 5. The van der Waals surface area contributed by atoms with E-state index < -0.39 is 17.7 Å². The van der Waals surface area contributed by atoms with Crippen LogP contribution < -0.4 is 21.1 Å². The maximum Gasteiger partial charge on any atom is 0.295 e. The van der Waals surface area contributed by atoms with Crippen molar-refractivity contribution in [3.8, 4) is 5.69 Å². The number of aryl methyl sites for hydroxylation is 1. The number of amides is 3.